The Morgan fingerprint density at radius 3 is 2.71 bits per heavy atom. The summed E-state index contributed by atoms with van der Waals surface area (Å²) >= 11 is 13.8. The molecule has 2 aromatic rings. The van der Waals surface area contributed by atoms with Crippen LogP contribution in [0.15, 0.2) is 35.0 Å². The Bertz CT molecular complexity index is 482. The molecule has 1 atom stereocenters. The van der Waals surface area contributed by atoms with Crippen LogP contribution >= 0.6 is 34.5 Å². The smallest absolute Gasteiger partial charge is 0.0453 e. The summed E-state index contributed by atoms with van der Waals surface area (Å²) in [5, 5.41) is 8.96. The van der Waals surface area contributed by atoms with Gasteiger partial charge in [0.15, 0.2) is 0 Å². The van der Waals surface area contributed by atoms with Crippen LogP contribution in [0.2, 0.25) is 10.0 Å². The van der Waals surface area contributed by atoms with Crippen LogP contribution in [-0.4, -0.2) is 7.05 Å². The molecule has 4 heteroatoms. The van der Waals surface area contributed by atoms with Gasteiger partial charge in [-0.3, -0.25) is 0 Å². The molecule has 0 aliphatic carbocycles. The van der Waals surface area contributed by atoms with E-state index >= 15 is 0 Å². The van der Waals surface area contributed by atoms with Crippen LogP contribution in [0, 0.1) is 0 Å². The van der Waals surface area contributed by atoms with Gasteiger partial charge in [0.1, 0.15) is 0 Å². The maximum absolute atomic E-state index is 6.18. The lowest BCUT2D eigenvalue weighted by molar-refractivity contribution is 0.594. The molecular formula is C13H13Cl2NS. The Balaban J connectivity index is 2.19. The normalized spacial score (nSPS) is 12.6. The van der Waals surface area contributed by atoms with Gasteiger partial charge in [-0.15, -0.1) is 0 Å². The van der Waals surface area contributed by atoms with Crippen molar-refractivity contribution in [3.8, 4) is 0 Å². The number of benzene rings is 1. The molecule has 0 saturated heterocycles. The molecule has 0 bridgehead atoms. The molecule has 1 heterocycles. The quantitative estimate of drug-likeness (QED) is 0.869. The Morgan fingerprint density at radius 2 is 2.12 bits per heavy atom. The fraction of sp³-hybridized carbons (Fsp3) is 0.231. The monoisotopic (exact) mass is 285 g/mol. The van der Waals surface area contributed by atoms with Crippen LogP contribution in [0.5, 0.6) is 0 Å². The summed E-state index contributed by atoms with van der Waals surface area (Å²) in [6.07, 6.45) is 0.864. The average Bonchev–Trinajstić information content (AvgIpc) is 2.81. The number of likely N-dealkylation sites (N-methyl/N-ethyl adjacent to an activating group) is 1. The minimum atomic E-state index is 0.292. The number of hydrogen-bond acceptors (Lipinski definition) is 2. The predicted octanol–water partition coefficient (Wildman–Crippen LogP) is 4.56. The van der Waals surface area contributed by atoms with Crippen LogP contribution < -0.4 is 5.32 Å². The maximum Gasteiger partial charge on any atom is 0.0453 e. The SMILES string of the molecule is CNC(Cc1ccc(Cl)cc1Cl)c1ccsc1. The molecule has 17 heavy (non-hydrogen) atoms. The van der Waals surface area contributed by atoms with Crippen molar-refractivity contribution < 1.29 is 0 Å². The first-order chi connectivity index (χ1) is 8.20. The van der Waals surface area contributed by atoms with Crippen molar-refractivity contribution in [3.63, 3.8) is 0 Å². The van der Waals surface area contributed by atoms with Gasteiger partial charge in [-0.05, 0) is 53.6 Å². The zero-order valence-corrected chi connectivity index (χ0v) is 11.7. The van der Waals surface area contributed by atoms with E-state index in [0.717, 1.165) is 17.0 Å². The molecule has 1 aromatic carbocycles. The highest BCUT2D eigenvalue weighted by Gasteiger charge is 2.12. The van der Waals surface area contributed by atoms with E-state index in [4.69, 9.17) is 23.2 Å². The Hall–Kier alpha value is -0.540. The third-order valence-corrected chi connectivity index (χ3v) is 4.02. The summed E-state index contributed by atoms with van der Waals surface area (Å²) in [4.78, 5) is 0. The third-order valence-electron chi connectivity index (χ3n) is 2.73. The topological polar surface area (TPSA) is 12.0 Å². The number of nitrogens with one attached hydrogen (secondary N) is 1. The van der Waals surface area contributed by atoms with Gasteiger partial charge in [-0.1, -0.05) is 29.3 Å². The number of rotatable bonds is 4. The van der Waals surface area contributed by atoms with E-state index in [1.165, 1.54) is 5.56 Å². The van der Waals surface area contributed by atoms with Gasteiger partial charge in [0, 0.05) is 16.1 Å². The first kappa shape index (κ1) is 12.9. The van der Waals surface area contributed by atoms with Gasteiger partial charge >= 0.3 is 0 Å². The van der Waals surface area contributed by atoms with E-state index in [0.29, 0.717) is 11.1 Å². The van der Waals surface area contributed by atoms with E-state index in [9.17, 15) is 0 Å². The highest BCUT2D eigenvalue weighted by atomic mass is 35.5. The van der Waals surface area contributed by atoms with Gasteiger partial charge in [0.25, 0.3) is 0 Å². The molecule has 0 aliphatic heterocycles. The minimum Gasteiger partial charge on any atom is -0.313 e. The van der Waals surface area contributed by atoms with Crippen LogP contribution in [-0.2, 0) is 6.42 Å². The first-order valence-electron chi connectivity index (χ1n) is 5.34. The second-order valence-electron chi connectivity index (χ2n) is 3.84. The number of hydrogen-bond donors (Lipinski definition) is 1. The summed E-state index contributed by atoms with van der Waals surface area (Å²) in [5.74, 6) is 0. The van der Waals surface area contributed by atoms with Crippen LogP contribution in [0.1, 0.15) is 17.2 Å². The van der Waals surface area contributed by atoms with E-state index < -0.39 is 0 Å². The standard InChI is InChI=1S/C13H13Cl2NS/c1-16-13(10-4-5-17-8-10)6-9-2-3-11(14)7-12(9)15/h2-5,7-8,13,16H,6H2,1H3. The van der Waals surface area contributed by atoms with Crippen molar-refractivity contribution in [2.24, 2.45) is 0 Å². The zero-order chi connectivity index (χ0) is 12.3. The molecular weight excluding hydrogens is 273 g/mol. The second kappa shape index (κ2) is 5.87. The summed E-state index contributed by atoms with van der Waals surface area (Å²) in [6.45, 7) is 0. The zero-order valence-electron chi connectivity index (χ0n) is 9.41. The summed E-state index contributed by atoms with van der Waals surface area (Å²) in [7, 11) is 1.96. The molecule has 0 radical (unpaired) electrons. The van der Waals surface area contributed by atoms with E-state index in [1.807, 2.05) is 19.2 Å². The molecule has 1 nitrogen and oxygen atoms in total. The van der Waals surface area contributed by atoms with Crippen LogP contribution in [0.3, 0.4) is 0 Å². The van der Waals surface area contributed by atoms with Gasteiger partial charge in [-0.2, -0.15) is 11.3 Å². The fourth-order valence-electron chi connectivity index (χ4n) is 1.77. The lowest BCUT2D eigenvalue weighted by Crippen LogP contribution is -2.18. The molecule has 0 fully saturated rings. The lowest BCUT2D eigenvalue weighted by Gasteiger charge is -2.16. The van der Waals surface area contributed by atoms with Gasteiger partial charge in [0.05, 0.1) is 0 Å². The Kier molecular flexibility index (Phi) is 4.46. The van der Waals surface area contributed by atoms with Gasteiger partial charge < -0.3 is 5.32 Å². The lowest BCUT2D eigenvalue weighted by atomic mass is 10.0. The van der Waals surface area contributed by atoms with Crippen molar-refractivity contribution in [2.75, 3.05) is 7.05 Å². The molecule has 0 amide bonds. The fourth-order valence-corrected chi connectivity index (χ4v) is 2.97. The summed E-state index contributed by atoms with van der Waals surface area (Å²) < 4.78 is 0. The highest BCUT2D eigenvalue weighted by molar-refractivity contribution is 7.07. The third kappa shape index (κ3) is 3.23. The van der Waals surface area contributed by atoms with Crippen molar-refractivity contribution in [1.29, 1.82) is 0 Å². The van der Waals surface area contributed by atoms with Crippen LogP contribution in [0.25, 0.3) is 0 Å². The minimum absolute atomic E-state index is 0.292. The number of halogens is 2. The summed E-state index contributed by atoms with van der Waals surface area (Å²) in [5.41, 5.74) is 2.41. The largest absolute Gasteiger partial charge is 0.313 e. The maximum atomic E-state index is 6.18. The predicted molar refractivity (Wildman–Crippen MR) is 76.3 cm³/mol. The van der Waals surface area contributed by atoms with Gasteiger partial charge in [0.2, 0.25) is 0 Å². The second-order valence-corrected chi connectivity index (χ2v) is 5.46. The highest BCUT2D eigenvalue weighted by Crippen LogP contribution is 2.26. The Morgan fingerprint density at radius 1 is 1.29 bits per heavy atom. The molecule has 1 aromatic heterocycles. The molecule has 0 spiro atoms. The summed E-state index contributed by atoms with van der Waals surface area (Å²) in [6, 6.07) is 8.08. The van der Waals surface area contributed by atoms with E-state index in [-0.39, 0.29) is 0 Å². The molecule has 2 rings (SSSR count). The molecule has 0 saturated carbocycles. The molecule has 1 N–H and O–H groups in total. The molecule has 1 unspecified atom stereocenters. The van der Waals surface area contributed by atoms with Crippen molar-refractivity contribution >= 4 is 34.5 Å². The first-order valence-corrected chi connectivity index (χ1v) is 7.04. The van der Waals surface area contributed by atoms with Crippen molar-refractivity contribution in [2.45, 2.75) is 12.5 Å². The van der Waals surface area contributed by atoms with Crippen molar-refractivity contribution in [3.05, 3.63) is 56.2 Å². The average molecular weight is 286 g/mol. The van der Waals surface area contributed by atoms with Gasteiger partial charge in [-0.25, -0.2) is 0 Å². The van der Waals surface area contributed by atoms with Crippen LogP contribution in [0.4, 0.5) is 0 Å². The van der Waals surface area contributed by atoms with E-state index in [2.05, 4.69) is 22.1 Å². The Labute approximate surface area is 115 Å². The van der Waals surface area contributed by atoms with Crippen molar-refractivity contribution in [1.82, 2.24) is 5.32 Å². The molecule has 90 valence electrons. The van der Waals surface area contributed by atoms with E-state index in [1.54, 1.807) is 17.4 Å². The number of thiophene rings is 1. The molecule has 0 aliphatic rings.